The quantitative estimate of drug-likeness (QED) is 0.451. The lowest BCUT2D eigenvalue weighted by molar-refractivity contribution is -0.113. The molecule has 0 saturated carbocycles. The number of rotatable bonds is 3. The number of imide groups is 1. The lowest BCUT2D eigenvalue weighted by Gasteiger charge is -2.11. The Balaban J connectivity index is 1.61. The smallest absolute Gasteiger partial charge is 0.298 e. The van der Waals surface area contributed by atoms with Gasteiger partial charge in [0.2, 0.25) is 0 Å². The summed E-state index contributed by atoms with van der Waals surface area (Å²) in [5.41, 5.74) is 2.62. The molecule has 1 aromatic heterocycles. The molecule has 4 rings (SSSR count). The van der Waals surface area contributed by atoms with Crippen molar-refractivity contribution in [1.82, 2.24) is 0 Å². The van der Waals surface area contributed by atoms with Gasteiger partial charge in [0.25, 0.3) is 11.1 Å². The first-order valence-corrected chi connectivity index (χ1v) is 9.83. The molecule has 1 saturated heterocycles. The minimum atomic E-state index is -0.339. The van der Waals surface area contributed by atoms with Crippen molar-refractivity contribution in [3.63, 3.8) is 0 Å². The van der Waals surface area contributed by atoms with Crippen LogP contribution in [-0.2, 0) is 4.79 Å². The molecule has 2 aromatic carbocycles. The van der Waals surface area contributed by atoms with Crippen LogP contribution in [0.1, 0.15) is 11.3 Å². The van der Waals surface area contributed by atoms with E-state index in [9.17, 15) is 9.59 Å². The normalized spacial score (nSPS) is 15.8. The molecule has 27 heavy (non-hydrogen) atoms. The Morgan fingerprint density at radius 1 is 1.04 bits per heavy atom. The topological polar surface area (TPSA) is 50.5 Å². The Labute approximate surface area is 169 Å². The minimum absolute atomic E-state index is 0.312. The lowest BCUT2D eigenvalue weighted by Crippen LogP contribution is -2.27. The van der Waals surface area contributed by atoms with E-state index in [0.29, 0.717) is 22.1 Å². The number of thioether (sulfide) groups is 1. The van der Waals surface area contributed by atoms with E-state index in [4.69, 9.17) is 4.42 Å². The van der Waals surface area contributed by atoms with E-state index in [0.717, 1.165) is 27.4 Å². The van der Waals surface area contributed by atoms with Crippen LogP contribution < -0.4 is 4.90 Å². The molecule has 0 spiro atoms. The molecule has 134 valence electrons. The Hall–Kier alpha value is -2.57. The second-order valence-corrected chi connectivity index (χ2v) is 7.87. The number of amides is 2. The Kier molecular flexibility index (Phi) is 4.76. The van der Waals surface area contributed by atoms with Crippen molar-refractivity contribution in [1.29, 1.82) is 0 Å². The van der Waals surface area contributed by atoms with Gasteiger partial charge in [0.1, 0.15) is 11.5 Å². The van der Waals surface area contributed by atoms with Crippen molar-refractivity contribution in [2.75, 3.05) is 4.90 Å². The fraction of sp³-hybridized carbons (Fsp3) is 0.0476. The molecule has 2 amide bonds. The number of carbonyl (C=O) groups is 2. The maximum absolute atomic E-state index is 12.6. The summed E-state index contributed by atoms with van der Waals surface area (Å²) in [4.78, 5) is 26.4. The number of carbonyl (C=O) groups excluding carboxylic acids is 2. The number of aryl methyl sites for hydroxylation is 1. The van der Waals surface area contributed by atoms with Crippen LogP contribution in [0.2, 0.25) is 0 Å². The monoisotopic (exact) mass is 439 g/mol. The third kappa shape index (κ3) is 3.50. The van der Waals surface area contributed by atoms with E-state index in [1.807, 2.05) is 37.3 Å². The lowest BCUT2D eigenvalue weighted by atomic mass is 10.1. The van der Waals surface area contributed by atoms with Gasteiger partial charge < -0.3 is 4.42 Å². The van der Waals surface area contributed by atoms with Crippen LogP contribution in [0.3, 0.4) is 0 Å². The number of halogens is 1. The fourth-order valence-electron chi connectivity index (χ4n) is 2.78. The van der Waals surface area contributed by atoms with Gasteiger partial charge in [-0.05, 0) is 60.6 Å². The van der Waals surface area contributed by atoms with Gasteiger partial charge in [-0.1, -0.05) is 40.2 Å². The number of hydrogen-bond donors (Lipinski definition) is 0. The summed E-state index contributed by atoms with van der Waals surface area (Å²) >= 11 is 4.40. The highest BCUT2D eigenvalue weighted by atomic mass is 79.9. The Bertz CT molecular complexity index is 1070. The van der Waals surface area contributed by atoms with E-state index in [-0.39, 0.29) is 11.1 Å². The van der Waals surface area contributed by atoms with Crippen LogP contribution in [0, 0.1) is 6.92 Å². The van der Waals surface area contributed by atoms with Crippen LogP contribution in [0.25, 0.3) is 17.4 Å². The molecule has 1 aliphatic heterocycles. The summed E-state index contributed by atoms with van der Waals surface area (Å²) in [7, 11) is 0. The third-order valence-corrected chi connectivity index (χ3v) is 5.91. The van der Waals surface area contributed by atoms with Gasteiger partial charge in [0.05, 0.1) is 10.6 Å². The van der Waals surface area contributed by atoms with E-state index in [2.05, 4.69) is 15.9 Å². The van der Waals surface area contributed by atoms with Gasteiger partial charge in [0.15, 0.2) is 0 Å². The van der Waals surface area contributed by atoms with Crippen LogP contribution in [0.5, 0.6) is 0 Å². The summed E-state index contributed by atoms with van der Waals surface area (Å²) in [6, 6.07) is 18.5. The average Bonchev–Trinajstić information content (AvgIpc) is 3.23. The maximum atomic E-state index is 12.6. The van der Waals surface area contributed by atoms with Gasteiger partial charge in [-0.25, -0.2) is 4.90 Å². The summed E-state index contributed by atoms with van der Waals surface area (Å²) in [6.45, 7) is 2.01. The van der Waals surface area contributed by atoms with Crippen LogP contribution in [0.4, 0.5) is 10.5 Å². The second-order valence-electron chi connectivity index (χ2n) is 6.02. The molecule has 0 N–H and O–H groups in total. The van der Waals surface area contributed by atoms with Gasteiger partial charge in [-0.15, -0.1) is 0 Å². The maximum Gasteiger partial charge on any atom is 0.298 e. The van der Waals surface area contributed by atoms with Crippen molar-refractivity contribution >= 4 is 50.6 Å². The molecule has 3 aromatic rings. The van der Waals surface area contributed by atoms with Gasteiger partial charge in [-0.3, -0.25) is 9.59 Å². The highest BCUT2D eigenvalue weighted by Gasteiger charge is 2.36. The molecule has 0 atom stereocenters. The van der Waals surface area contributed by atoms with E-state index < -0.39 is 0 Å². The van der Waals surface area contributed by atoms with Crippen LogP contribution in [0.15, 0.2) is 74.5 Å². The van der Waals surface area contributed by atoms with Crippen molar-refractivity contribution in [3.8, 4) is 11.3 Å². The number of benzene rings is 2. The Morgan fingerprint density at radius 3 is 2.56 bits per heavy atom. The van der Waals surface area contributed by atoms with Crippen LogP contribution in [-0.4, -0.2) is 11.1 Å². The summed E-state index contributed by atoms with van der Waals surface area (Å²) in [5, 5.41) is -0.312. The van der Waals surface area contributed by atoms with Crippen molar-refractivity contribution in [2.24, 2.45) is 0 Å². The first-order valence-electron chi connectivity index (χ1n) is 8.22. The van der Waals surface area contributed by atoms with Crippen molar-refractivity contribution in [2.45, 2.75) is 6.92 Å². The number of furan rings is 1. The summed E-state index contributed by atoms with van der Waals surface area (Å²) in [6.07, 6.45) is 1.61. The highest BCUT2D eigenvalue weighted by Crippen LogP contribution is 2.36. The first-order chi connectivity index (χ1) is 13.0. The molecule has 4 nitrogen and oxygen atoms in total. The van der Waals surface area contributed by atoms with E-state index in [1.165, 1.54) is 4.90 Å². The zero-order chi connectivity index (χ0) is 19.0. The molecular weight excluding hydrogens is 426 g/mol. The van der Waals surface area contributed by atoms with Crippen molar-refractivity contribution in [3.05, 3.63) is 81.4 Å². The summed E-state index contributed by atoms with van der Waals surface area (Å²) < 4.78 is 6.90. The number of para-hydroxylation sites is 1. The van der Waals surface area contributed by atoms with E-state index >= 15 is 0 Å². The van der Waals surface area contributed by atoms with Gasteiger partial charge >= 0.3 is 0 Å². The average molecular weight is 440 g/mol. The van der Waals surface area contributed by atoms with E-state index in [1.54, 1.807) is 36.4 Å². The zero-order valence-electron chi connectivity index (χ0n) is 14.3. The third-order valence-electron chi connectivity index (χ3n) is 4.15. The Morgan fingerprint density at radius 2 is 1.81 bits per heavy atom. The molecule has 0 unspecified atom stereocenters. The molecule has 2 heterocycles. The molecule has 1 fully saturated rings. The molecule has 6 heteroatoms. The van der Waals surface area contributed by atoms with Gasteiger partial charge in [-0.2, -0.15) is 0 Å². The number of nitrogens with zero attached hydrogens (tertiary/aromatic N) is 1. The first kappa shape index (κ1) is 17.8. The van der Waals surface area contributed by atoms with Gasteiger partial charge in [0, 0.05) is 16.1 Å². The van der Waals surface area contributed by atoms with Crippen LogP contribution >= 0.6 is 27.7 Å². The second kappa shape index (κ2) is 7.21. The zero-order valence-corrected chi connectivity index (χ0v) is 16.7. The highest BCUT2D eigenvalue weighted by molar-refractivity contribution is 9.10. The number of hydrogen-bond acceptors (Lipinski definition) is 4. The molecule has 0 bridgehead atoms. The minimum Gasteiger partial charge on any atom is -0.457 e. The van der Waals surface area contributed by atoms with Crippen molar-refractivity contribution < 1.29 is 14.0 Å². The molecule has 0 radical (unpaired) electrons. The SMILES string of the molecule is Cc1cc(-c2ccc(/C=C3\SC(=O)N(c4ccccc4)C3=O)o2)ccc1Br. The molecular formula is C21H14BrNO3S. The molecule has 1 aliphatic rings. The predicted octanol–water partition coefficient (Wildman–Crippen LogP) is 6.26. The standard InChI is InChI=1S/C21H14BrNO3S/c1-13-11-14(7-9-17(13)22)18-10-8-16(26-18)12-19-20(24)23(21(25)27-19)15-5-3-2-4-6-15/h2-12H,1H3/b19-12-. The number of anilines is 1. The predicted molar refractivity (Wildman–Crippen MR) is 111 cm³/mol. The molecule has 0 aliphatic carbocycles. The summed E-state index contributed by atoms with van der Waals surface area (Å²) in [5.74, 6) is 0.900. The largest absolute Gasteiger partial charge is 0.457 e. The fourth-order valence-corrected chi connectivity index (χ4v) is 3.85.